The van der Waals surface area contributed by atoms with Crippen molar-refractivity contribution in [1.29, 1.82) is 0 Å². The first-order chi connectivity index (χ1) is 10.1. The molecule has 7 nitrogen and oxygen atoms in total. The summed E-state index contributed by atoms with van der Waals surface area (Å²) in [5.74, 6) is 0.00790. The van der Waals surface area contributed by atoms with Crippen molar-refractivity contribution in [2.24, 2.45) is 0 Å². The van der Waals surface area contributed by atoms with E-state index in [1.165, 1.54) is 0 Å². The number of hydrogen-bond donors (Lipinski definition) is 2. The van der Waals surface area contributed by atoms with E-state index in [9.17, 15) is 4.79 Å². The number of nitrogens with zero attached hydrogens (tertiary/aromatic N) is 2. The molecule has 0 aliphatic carbocycles. The van der Waals surface area contributed by atoms with Crippen molar-refractivity contribution >= 4 is 28.7 Å². The van der Waals surface area contributed by atoms with Crippen molar-refractivity contribution in [1.82, 2.24) is 9.88 Å². The number of anilines is 2. The van der Waals surface area contributed by atoms with E-state index in [4.69, 9.17) is 14.9 Å². The summed E-state index contributed by atoms with van der Waals surface area (Å²) >= 11 is 0. The number of amides is 1. The molecule has 1 atom stereocenters. The van der Waals surface area contributed by atoms with Crippen LogP contribution in [0.15, 0.2) is 22.6 Å². The summed E-state index contributed by atoms with van der Waals surface area (Å²) < 4.78 is 10.8. The van der Waals surface area contributed by atoms with Crippen molar-refractivity contribution < 1.29 is 13.9 Å². The molecule has 7 heteroatoms. The molecular weight excluding hydrogens is 272 g/mol. The van der Waals surface area contributed by atoms with Gasteiger partial charge in [0, 0.05) is 13.1 Å². The number of nitrogen functional groups attached to an aromatic ring is 1. The van der Waals surface area contributed by atoms with E-state index in [1.807, 2.05) is 0 Å². The lowest BCUT2D eigenvalue weighted by molar-refractivity contribution is -0.135. The van der Waals surface area contributed by atoms with Gasteiger partial charge in [-0.1, -0.05) is 6.07 Å². The van der Waals surface area contributed by atoms with E-state index in [2.05, 4.69) is 10.3 Å². The number of benzene rings is 1. The Kier molecular flexibility index (Phi) is 3.66. The van der Waals surface area contributed by atoms with Gasteiger partial charge in [0.25, 0.3) is 6.01 Å². The quantitative estimate of drug-likeness (QED) is 0.821. The molecule has 1 unspecified atom stereocenters. The van der Waals surface area contributed by atoms with Crippen LogP contribution in [0.25, 0.3) is 11.1 Å². The zero-order chi connectivity index (χ0) is 14.8. The molecule has 1 fully saturated rings. The molecule has 2 aromatic rings. The molecule has 1 amide bonds. The van der Waals surface area contributed by atoms with Gasteiger partial charge >= 0.3 is 0 Å². The first-order valence-corrected chi connectivity index (χ1v) is 6.93. The highest BCUT2D eigenvalue weighted by Crippen LogP contribution is 2.24. The summed E-state index contributed by atoms with van der Waals surface area (Å²) in [6.07, 6.45) is 0. The molecule has 1 aliphatic rings. The lowest BCUT2D eigenvalue weighted by Crippen LogP contribution is -2.47. The van der Waals surface area contributed by atoms with Crippen molar-refractivity contribution in [3.63, 3.8) is 0 Å². The lowest BCUT2D eigenvalue weighted by Gasteiger charge is -2.29. The van der Waals surface area contributed by atoms with Crippen LogP contribution >= 0.6 is 0 Å². The maximum Gasteiger partial charge on any atom is 0.296 e. The predicted molar refractivity (Wildman–Crippen MR) is 78.9 cm³/mol. The van der Waals surface area contributed by atoms with Crippen molar-refractivity contribution in [2.45, 2.75) is 13.0 Å². The van der Waals surface area contributed by atoms with Gasteiger partial charge in [-0.05, 0) is 19.1 Å². The fraction of sp³-hybridized carbons (Fsp3) is 0.429. The molecule has 1 saturated heterocycles. The molecule has 0 spiro atoms. The number of aromatic nitrogens is 1. The number of para-hydroxylation sites is 1. The smallest absolute Gasteiger partial charge is 0.296 e. The van der Waals surface area contributed by atoms with Gasteiger partial charge < -0.3 is 25.1 Å². The van der Waals surface area contributed by atoms with E-state index < -0.39 is 6.04 Å². The molecule has 2 heterocycles. The molecule has 3 rings (SSSR count). The Morgan fingerprint density at radius 1 is 1.43 bits per heavy atom. The number of hydrogen-bond acceptors (Lipinski definition) is 6. The number of rotatable bonds is 3. The Balaban J connectivity index is 1.72. The van der Waals surface area contributed by atoms with Crippen LogP contribution in [0.1, 0.15) is 6.92 Å². The number of carbonyl (C=O) groups excluding carboxylic acids is 1. The number of nitrogens with one attached hydrogen (secondary N) is 1. The summed E-state index contributed by atoms with van der Waals surface area (Å²) in [6, 6.07) is 5.24. The van der Waals surface area contributed by atoms with E-state index in [-0.39, 0.29) is 5.91 Å². The SMILES string of the molecule is CC(Nc1nc2c(N)cccc2o1)C(=O)N1CCOCC1. The number of oxazole rings is 1. The highest BCUT2D eigenvalue weighted by atomic mass is 16.5. The van der Waals surface area contributed by atoms with Gasteiger partial charge in [0.2, 0.25) is 5.91 Å². The molecule has 1 aromatic carbocycles. The van der Waals surface area contributed by atoms with Crippen molar-refractivity contribution in [3.8, 4) is 0 Å². The number of morpholine rings is 1. The van der Waals surface area contributed by atoms with Crippen LogP contribution in [0.2, 0.25) is 0 Å². The molecular formula is C14H18N4O3. The summed E-state index contributed by atoms with van der Waals surface area (Å²) in [6.45, 7) is 4.18. The van der Waals surface area contributed by atoms with Gasteiger partial charge in [0.15, 0.2) is 5.58 Å². The number of ether oxygens (including phenoxy) is 1. The average molecular weight is 290 g/mol. The molecule has 1 aliphatic heterocycles. The fourth-order valence-corrected chi connectivity index (χ4v) is 2.34. The topological polar surface area (TPSA) is 93.6 Å². The van der Waals surface area contributed by atoms with Crippen LogP contribution in [0.5, 0.6) is 0 Å². The Labute approximate surface area is 122 Å². The Morgan fingerprint density at radius 2 is 2.19 bits per heavy atom. The van der Waals surface area contributed by atoms with E-state index in [0.29, 0.717) is 49.1 Å². The minimum Gasteiger partial charge on any atom is -0.423 e. The van der Waals surface area contributed by atoms with Gasteiger partial charge in [-0.2, -0.15) is 4.98 Å². The van der Waals surface area contributed by atoms with Gasteiger partial charge in [-0.15, -0.1) is 0 Å². The summed E-state index contributed by atoms with van der Waals surface area (Å²) in [5.41, 5.74) is 7.59. The normalized spacial score (nSPS) is 16.9. The molecule has 3 N–H and O–H groups in total. The maximum atomic E-state index is 12.3. The number of fused-ring (bicyclic) bond motifs is 1. The molecule has 0 radical (unpaired) electrons. The first kappa shape index (κ1) is 13.7. The van der Waals surface area contributed by atoms with Crippen LogP contribution in [-0.2, 0) is 9.53 Å². The zero-order valence-corrected chi connectivity index (χ0v) is 11.8. The van der Waals surface area contributed by atoms with Gasteiger partial charge in [0.1, 0.15) is 11.6 Å². The average Bonchev–Trinajstić information content (AvgIpc) is 2.91. The standard InChI is InChI=1S/C14H18N4O3/c1-9(13(19)18-5-7-20-8-6-18)16-14-17-12-10(15)3-2-4-11(12)21-14/h2-4,9H,5-8,15H2,1H3,(H,16,17). The monoisotopic (exact) mass is 290 g/mol. The Morgan fingerprint density at radius 3 is 2.90 bits per heavy atom. The minimum atomic E-state index is -0.419. The third-order valence-corrected chi connectivity index (χ3v) is 3.48. The van der Waals surface area contributed by atoms with Gasteiger partial charge in [-0.25, -0.2) is 0 Å². The van der Waals surface area contributed by atoms with Crippen LogP contribution in [-0.4, -0.2) is 48.1 Å². The minimum absolute atomic E-state index is 0.00790. The Hall–Kier alpha value is -2.28. The van der Waals surface area contributed by atoms with Crippen LogP contribution in [0.4, 0.5) is 11.7 Å². The third-order valence-electron chi connectivity index (χ3n) is 3.48. The highest BCUT2D eigenvalue weighted by Gasteiger charge is 2.23. The van der Waals surface area contributed by atoms with Crippen LogP contribution in [0.3, 0.4) is 0 Å². The van der Waals surface area contributed by atoms with Crippen molar-refractivity contribution in [3.05, 3.63) is 18.2 Å². The number of nitrogens with two attached hydrogens (primary N) is 1. The largest absolute Gasteiger partial charge is 0.423 e. The lowest BCUT2D eigenvalue weighted by atomic mass is 10.2. The predicted octanol–water partition coefficient (Wildman–Crippen LogP) is 1.07. The molecule has 112 valence electrons. The van der Waals surface area contributed by atoms with E-state index in [0.717, 1.165) is 0 Å². The maximum absolute atomic E-state index is 12.3. The van der Waals surface area contributed by atoms with Gasteiger partial charge in [-0.3, -0.25) is 4.79 Å². The summed E-state index contributed by atoms with van der Waals surface area (Å²) in [4.78, 5) is 18.4. The first-order valence-electron chi connectivity index (χ1n) is 6.93. The van der Waals surface area contributed by atoms with Crippen molar-refractivity contribution in [2.75, 3.05) is 37.4 Å². The van der Waals surface area contributed by atoms with Crippen LogP contribution in [0, 0.1) is 0 Å². The van der Waals surface area contributed by atoms with Gasteiger partial charge in [0.05, 0.1) is 18.9 Å². The number of carbonyl (C=O) groups is 1. The molecule has 0 bridgehead atoms. The molecule has 1 aromatic heterocycles. The van der Waals surface area contributed by atoms with E-state index >= 15 is 0 Å². The Bertz CT molecular complexity index is 649. The highest BCUT2D eigenvalue weighted by molar-refractivity contribution is 5.87. The zero-order valence-electron chi connectivity index (χ0n) is 11.8. The second-order valence-electron chi connectivity index (χ2n) is 5.02. The molecule has 21 heavy (non-hydrogen) atoms. The molecule has 0 saturated carbocycles. The fourth-order valence-electron chi connectivity index (χ4n) is 2.34. The summed E-state index contributed by atoms with van der Waals surface area (Å²) in [7, 11) is 0. The second-order valence-corrected chi connectivity index (χ2v) is 5.02. The summed E-state index contributed by atoms with van der Waals surface area (Å²) in [5, 5.41) is 2.99. The third kappa shape index (κ3) is 2.78. The van der Waals surface area contributed by atoms with Crippen LogP contribution < -0.4 is 11.1 Å². The van der Waals surface area contributed by atoms with E-state index in [1.54, 1.807) is 30.0 Å². The second kappa shape index (κ2) is 5.61.